The average molecular weight is 399 g/mol. The van der Waals surface area contributed by atoms with Crippen molar-refractivity contribution >= 4 is 0 Å². The van der Waals surface area contributed by atoms with Crippen molar-refractivity contribution in [1.82, 2.24) is 0 Å². The molecule has 2 heteroatoms. The standard InChI is InChI=1S/C27H46N2/c1-6-23(4)13-15-26(19-7-8-19)22-11-12-24(5)20(18(2)3)9-10-21(24)27(22,29)16-14-25(26,28)17-23/h19-22H,2,6-17,28-29H2,1,3-5H3/t20?,21?,22?,23-,24?,25?,26?,27?/m0/s1. The van der Waals surface area contributed by atoms with Gasteiger partial charge in [0.2, 0.25) is 0 Å². The van der Waals surface area contributed by atoms with E-state index in [0.717, 1.165) is 18.8 Å². The van der Waals surface area contributed by atoms with Crippen LogP contribution in [0.3, 0.4) is 0 Å². The molecule has 0 aromatic heterocycles. The Labute approximate surface area is 179 Å². The SMILES string of the molecule is C=C(C)C1CCC2C1(C)CCC1C2(N)CCC2(N)C[C@@](C)(CC)CCC12C1CC1. The first-order valence-corrected chi connectivity index (χ1v) is 12.8. The van der Waals surface area contributed by atoms with Crippen LogP contribution in [0.25, 0.3) is 0 Å². The van der Waals surface area contributed by atoms with Crippen LogP contribution in [0.5, 0.6) is 0 Å². The van der Waals surface area contributed by atoms with Gasteiger partial charge in [-0.05, 0) is 117 Å². The van der Waals surface area contributed by atoms with Crippen LogP contribution >= 0.6 is 0 Å². The number of allylic oxidation sites excluding steroid dienone is 1. The van der Waals surface area contributed by atoms with E-state index in [1.807, 2.05) is 0 Å². The van der Waals surface area contributed by atoms with Crippen LogP contribution in [-0.4, -0.2) is 11.1 Å². The molecule has 0 amide bonds. The second-order valence-electron chi connectivity index (χ2n) is 13.1. The molecule has 8 atom stereocenters. The normalized spacial score (nSPS) is 57.0. The Morgan fingerprint density at radius 1 is 0.897 bits per heavy atom. The maximum atomic E-state index is 7.63. The van der Waals surface area contributed by atoms with Crippen LogP contribution in [0.2, 0.25) is 0 Å². The van der Waals surface area contributed by atoms with Crippen molar-refractivity contribution in [1.29, 1.82) is 0 Å². The molecule has 2 nitrogen and oxygen atoms in total. The Morgan fingerprint density at radius 3 is 2.24 bits per heavy atom. The summed E-state index contributed by atoms with van der Waals surface area (Å²) in [7, 11) is 0. The van der Waals surface area contributed by atoms with Gasteiger partial charge in [0.05, 0.1) is 0 Å². The molecule has 5 fully saturated rings. The van der Waals surface area contributed by atoms with Crippen molar-refractivity contribution in [3.05, 3.63) is 12.2 Å². The Hall–Kier alpha value is -0.340. The quantitative estimate of drug-likeness (QED) is 0.557. The molecule has 0 aromatic carbocycles. The van der Waals surface area contributed by atoms with Crippen molar-refractivity contribution in [3.8, 4) is 0 Å². The van der Waals surface area contributed by atoms with Gasteiger partial charge in [-0.3, -0.25) is 0 Å². The molecule has 0 saturated heterocycles. The zero-order valence-corrected chi connectivity index (χ0v) is 19.7. The highest BCUT2D eigenvalue weighted by Crippen LogP contribution is 2.74. The molecule has 7 unspecified atom stereocenters. The first kappa shape index (κ1) is 20.6. The van der Waals surface area contributed by atoms with Gasteiger partial charge in [-0.15, -0.1) is 0 Å². The van der Waals surface area contributed by atoms with Gasteiger partial charge in [-0.1, -0.05) is 39.3 Å². The number of nitrogens with two attached hydrogens (primary N) is 2. The fourth-order valence-electron chi connectivity index (χ4n) is 10.2. The van der Waals surface area contributed by atoms with Gasteiger partial charge in [0.25, 0.3) is 0 Å². The Balaban J connectivity index is 1.56. The fraction of sp³-hybridized carbons (Fsp3) is 0.926. The summed E-state index contributed by atoms with van der Waals surface area (Å²) in [5.41, 5.74) is 17.7. The molecule has 4 N–H and O–H groups in total. The zero-order valence-electron chi connectivity index (χ0n) is 19.7. The molecule has 0 aromatic rings. The maximum Gasteiger partial charge on any atom is 0.0223 e. The summed E-state index contributed by atoms with van der Waals surface area (Å²) in [6.07, 6.45) is 15.6. The van der Waals surface area contributed by atoms with Crippen LogP contribution in [-0.2, 0) is 0 Å². The van der Waals surface area contributed by atoms with Gasteiger partial charge in [0.15, 0.2) is 0 Å². The van der Waals surface area contributed by atoms with E-state index < -0.39 is 0 Å². The van der Waals surface area contributed by atoms with Crippen LogP contribution < -0.4 is 11.5 Å². The maximum absolute atomic E-state index is 7.63. The lowest BCUT2D eigenvalue weighted by Crippen LogP contribution is -2.76. The lowest BCUT2D eigenvalue weighted by atomic mass is 9.36. The summed E-state index contributed by atoms with van der Waals surface area (Å²) in [6, 6.07) is 0. The van der Waals surface area contributed by atoms with E-state index in [4.69, 9.17) is 11.5 Å². The summed E-state index contributed by atoms with van der Waals surface area (Å²) >= 11 is 0. The van der Waals surface area contributed by atoms with E-state index in [0.29, 0.717) is 34.0 Å². The third-order valence-electron chi connectivity index (χ3n) is 11.8. The predicted octanol–water partition coefficient (Wildman–Crippen LogP) is 6.19. The highest BCUT2D eigenvalue weighted by atomic mass is 15.0. The van der Waals surface area contributed by atoms with E-state index in [-0.39, 0.29) is 11.1 Å². The summed E-state index contributed by atoms with van der Waals surface area (Å²) in [5, 5.41) is 0. The van der Waals surface area contributed by atoms with Crippen LogP contribution in [0, 0.1) is 39.9 Å². The molecule has 29 heavy (non-hydrogen) atoms. The minimum Gasteiger partial charge on any atom is -0.325 e. The van der Waals surface area contributed by atoms with Crippen molar-refractivity contribution in [2.45, 2.75) is 116 Å². The van der Waals surface area contributed by atoms with Gasteiger partial charge < -0.3 is 11.5 Å². The number of hydrogen-bond acceptors (Lipinski definition) is 2. The van der Waals surface area contributed by atoms with Crippen molar-refractivity contribution in [3.63, 3.8) is 0 Å². The first-order valence-electron chi connectivity index (χ1n) is 12.8. The van der Waals surface area contributed by atoms with Crippen LogP contribution in [0.4, 0.5) is 0 Å². The van der Waals surface area contributed by atoms with Gasteiger partial charge in [-0.25, -0.2) is 0 Å². The lowest BCUT2D eigenvalue weighted by molar-refractivity contribution is -0.170. The molecule has 5 rings (SSSR count). The average Bonchev–Trinajstić information content (AvgIpc) is 3.43. The molecule has 164 valence electrons. The predicted molar refractivity (Wildman–Crippen MR) is 122 cm³/mol. The molecule has 5 saturated carbocycles. The molecule has 0 heterocycles. The monoisotopic (exact) mass is 398 g/mol. The minimum atomic E-state index is 0.00260. The van der Waals surface area contributed by atoms with E-state index in [9.17, 15) is 0 Å². The number of fused-ring (bicyclic) bond motifs is 5. The highest BCUT2D eigenvalue weighted by Gasteiger charge is 2.73. The van der Waals surface area contributed by atoms with Gasteiger partial charge in [0, 0.05) is 11.1 Å². The van der Waals surface area contributed by atoms with Crippen LogP contribution in [0.15, 0.2) is 12.2 Å². The van der Waals surface area contributed by atoms with Crippen molar-refractivity contribution in [2.24, 2.45) is 51.4 Å². The summed E-state index contributed by atoms with van der Waals surface area (Å²) in [5.74, 6) is 2.83. The Bertz CT molecular complexity index is 711. The van der Waals surface area contributed by atoms with Crippen molar-refractivity contribution in [2.75, 3.05) is 0 Å². The van der Waals surface area contributed by atoms with Gasteiger partial charge in [-0.2, -0.15) is 0 Å². The zero-order chi connectivity index (χ0) is 20.9. The number of rotatable bonds is 3. The largest absolute Gasteiger partial charge is 0.325 e. The topological polar surface area (TPSA) is 52.0 Å². The molecule has 5 aliphatic carbocycles. The molecule has 5 aliphatic rings. The molecule has 0 aliphatic heterocycles. The summed E-state index contributed by atoms with van der Waals surface area (Å²) in [6.45, 7) is 14.1. The van der Waals surface area contributed by atoms with E-state index in [2.05, 4.69) is 34.3 Å². The second kappa shape index (κ2) is 6.12. The lowest BCUT2D eigenvalue weighted by Gasteiger charge is -2.71. The van der Waals surface area contributed by atoms with Gasteiger partial charge in [0.1, 0.15) is 0 Å². The number of hydrogen-bond donors (Lipinski definition) is 2. The minimum absolute atomic E-state index is 0.00260. The third-order valence-corrected chi connectivity index (χ3v) is 11.8. The third kappa shape index (κ3) is 2.48. The summed E-state index contributed by atoms with van der Waals surface area (Å²) < 4.78 is 0. The first-order chi connectivity index (χ1) is 13.5. The van der Waals surface area contributed by atoms with E-state index >= 15 is 0 Å². The molecule has 0 bridgehead atoms. The van der Waals surface area contributed by atoms with E-state index in [1.165, 1.54) is 69.8 Å². The highest BCUT2D eigenvalue weighted by molar-refractivity contribution is 5.28. The summed E-state index contributed by atoms with van der Waals surface area (Å²) in [4.78, 5) is 0. The van der Waals surface area contributed by atoms with Gasteiger partial charge >= 0.3 is 0 Å². The smallest absolute Gasteiger partial charge is 0.0223 e. The molecular weight excluding hydrogens is 352 g/mol. The van der Waals surface area contributed by atoms with Crippen molar-refractivity contribution < 1.29 is 0 Å². The Morgan fingerprint density at radius 2 is 1.62 bits per heavy atom. The molecule has 0 radical (unpaired) electrons. The Kier molecular flexibility index (Phi) is 4.34. The molecule has 0 spiro atoms. The van der Waals surface area contributed by atoms with Crippen LogP contribution in [0.1, 0.15) is 105 Å². The van der Waals surface area contributed by atoms with E-state index in [1.54, 1.807) is 0 Å². The molecular formula is C27H46N2. The second-order valence-corrected chi connectivity index (χ2v) is 13.1. The fourth-order valence-corrected chi connectivity index (χ4v) is 10.2.